The molecular formula is C13H14BrN3S. The van der Waals surface area contributed by atoms with Crippen molar-refractivity contribution in [2.24, 2.45) is 5.92 Å². The largest absolute Gasteiger partial charge is 0.343 e. The third kappa shape index (κ3) is 3.46. The molecule has 5 heteroatoms. The molecule has 2 rings (SSSR count). The van der Waals surface area contributed by atoms with Gasteiger partial charge in [-0.3, -0.25) is 4.98 Å². The Kier molecular flexibility index (Phi) is 4.24. The van der Waals surface area contributed by atoms with Crippen LogP contribution in [0.2, 0.25) is 0 Å². The van der Waals surface area contributed by atoms with E-state index >= 15 is 0 Å². The Bertz CT molecular complexity index is 607. The molecule has 0 amide bonds. The zero-order chi connectivity index (χ0) is 13.1. The van der Waals surface area contributed by atoms with Gasteiger partial charge in [0.1, 0.15) is 10.5 Å². The molecule has 0 aliphatic heterocycles. The van der Waals surface area contributed by atoms with E-state index in [1.54, 1.807) is 12.4 Å². The summed E-state index contributed by atoms with van der Waals surface area (Å²) in [6.07, 6.45) is 4.48. The Hall–Kier alpha value is -1.07. The Balaban J connectivity index is 2.45. The molecule has 0 atom stereocenters. The minimum Gasteiger partial charge on any atom is -0.343 e. The van der Waals surface area contributed by atoms with Gasteiger partial charge in [0.05, 0.1) is 0 Å². The standard InChI is InChI=1S/C13H14BrN3S/c1-8(2)3-11-5-12(18)17-13(16-11)9-4-10(14)7-15-6-9/h4-8H,3H2,1-2H3,(H,16,17,18). The maximum absolute atomic E-state index is 5.21. The third-order valence-corrected chi connectivity index (χ3v) is 3.05. The summed E-state index contributed by atoms with van der Waals surface area (Å²) in [5.41, 5.74) is 2.04. The number of H-pyrrole nitrogens is 1. The normalized spacial score (nSPS) is 10.9. The fourth-order valence-corrected chi connectivity index (χ4v) is 2.33. The number of halogens is 1. The van der Waals surface area contributed by atoms with E-state index in [1.807, 2.05) is 12.1 Å². The van der Waals surface area contributed by atoms with Crippen molar-refractivity contribution >= 4 is 28.1 Å². The number of pyridine rings is 1. The average Bonchev–Trinajstić information content (AvgIpc) is 2.27. The molecule has 0 aliphatic carbocycles. The molecule has 0 bridgehead atoms. The summed E-state index contributed by atoms with van der Waals surface area (Å²) < 4.78 is 1.54. The van der Waals surface area contributed by atoms with Crippen molar-refractivity contribution in [3.05, 3.63) is 39.3 Å². The van der Waals surface area contributed by atoms with E-state index in [0.29, 0.717) is 10.6 Å². The van der Waals surface area contributed by atoms with Crippen molar-refractivity contribution in [2.45, 2.75) is 20.3 Å². The van der Waals surface area contributed by atoms with E-state index in [0.717, 1.165) is 28.0 Å². The molecule has 0 fully saturated rings. The van der Waals surface area contributed by atoms with Crippen LogP contribution in [-0.4, -0.2) is 15.0 Å². The first-order chi connectivity index (χ1) is 8.54. The van der Waals surface area contributed by atoms with Crippen LogP contribution < -0.4 is 0 Å². The average molecular weight is 324 g/mol. The maximum Gasteiger partial charge on any atom is 0.140 e. The molecule has 0 radical (unpaired) electrons. The predicted molar refractivity (Wildman–Crippen MR) is 78.9 cm³/mol. The summed E-state index contributed by atoms with van der Waals surface area (Å²) in [6, 6.07) is 3.89. The maximum atomic E-state index is 5.21. The molecule has 18 heavy (non-hydrogen) atoms. The molecule has 0 saturated heterocycles. The van der Waals surface area contributed by atoms with Crippen molar-refractivity contribution in [2.75, 3.05) is 0 Å². The molecule has 0 saturated carbocycles. The van der Waals surface area contributed by atoms with Gasteiger partial charge in [0, 0.05) is 28.1 Å². The lowest BCUT2D eigenvalue weighted by atomic mass is 10.1. The summed E-state index contributed by atoms with van der Waals surface area (Å²) in [7, 11) is 0. The van der Waals surface area contributed by atoms with Gasteiger partial charge in [0.2, 0.25) is 0 Å². The van der Waals surface area contributed by atoms with Crippen LogP contribution in [0.1, 0.15) is 19.5 Å². The van der Waals surface area contributed by atoms with Crippen LogP contribution in [0, 0.1) is 10.6 Å². The Morgan fingerprint density at radius 2 is 2.11 bits per heavy atom. The number of rotatable bonds is 3. The van der Waals surface area contributed by atoms with Crippen LogP contribution >= 0.6 is 28.1 Å². The van der Waals surface area contributed by atoms with Gasteiger partial charge >= 0.3 is 0 Å². The van der Waals surface area contributed by atoms with Crippen molar-refractivity contribution < 1.29 is 0 Å². The number of nitrogens with one attached hydrogen (secondary N) is 1. The summed E-state index contributed by atoms with van der Waals surface area (Å²) in [4.78, 5) is 11.8. The van der Waals surface area contributed by atoms with Gasteiger partial charge in [-0.05, 0) is 40.4 Å². The first-order valence-electron chi connectivity index (χ1n) is 5.76. The van der Waals surface area contributed by atoms with Gasteiger partial charge < -0.3 is 4.98 Å². The first kappa shape index (κ1) is 13.4. The van der Waals surface area contributed by atoms with Crippen molar-refractivity contribution in [1.82, 2.24) is 15.0 Å². The van der Waals surface area contributed by atoms with Crippen LogP contribution in [0.3, 0.4) is 0 Å². The van der Waals surface area contributed by atoms with Gasteiger partial charge in [-0.1, -0.05) is 26.1 Å². The first-order valence-corrected chi connectivity index (χ1v) is 6.96. The zero-order valence-corrected chi connectivity index (χ0v) is 12.7. The molecule has 0 aromatic carbocycles. The van der Waals surface area contributed by atoms with Crippen LogP contribution in [0.5, 0.6) is 0 Å². The SMILES string of the molecule is CC(C)Cc1cc(=S)nc(-c2cncc(Br)c2)[nH]1. The number of aromatic nitrogens is 3. The molecule has 2 heterocycles. The fraction of sp³-hybridized carbons (Fsp3) is 0.308. The molecular weight excluding hydrogens is 310 g/mol. The quantitative estimate of drug-likeness (QED) is 0.862. The highest BCUT2D eigenvalue weighted by Gasteiger charge is 2.05. The Morgan fingerprint density at radius 3 is 2.78 bits per heavy atom. The number of hydrogen-bond donors (Lipinski definition) is 1. The van der Waals surface area contributed by atoms with Gasteiger partial charge in [0.15, 0.2) is 0 Å². The molecule has 0 spiro atoms. The van der Waals surface area contributed by atoms with Crippen LogP contribution in [-0.2, 0) is 6.42 Å². The number of aromatic amines is 1. The van der Waals surface area contributed by atoms with Crippen LogP contribution in [0.25, 0.3) is 11.4 Å². The lowest BCUT2D eigenvalue weighted by molar-refractivity contribution is 0.634. The summed E-state index contributed by atoms with van der Waals surface area (Å²) in [5, 5.41) is 0. The summed E-state index contributed by atoms with van der Waals surface area (Å²) in [6.45, 7) is 4.36. The Morgan fingerprint density at radius 1 is 1.33 bits per heavy atom. The number of nitrogens with zero attached hydrogens (tertiary/aromatic N) is 2. The second kappa shape index (κ2) is 5.71. The third-order valence-electron chi connectivity index (χ3n) is 2.41. The van der Waals surface area contributed by atoms with Crippen LogP contribution in [0.4, 0.5) is 0 Å². The second-order valence-corrected chi connectivity index (χ2v) is 5.92. The molecule has 94 valence electrons. The van der Waals surface area contributed by atoms with E-state index in [1.165, 1.54) is 0 Å². The van der Waals surface area contributed by atoms with E-state index in [2.05, 4.69) is 44.7 Å². The lowest BCUT2D eigenvalue weighted by Crippen LogP contribution is -2.00. The van der Waals surface area contributed by atoms with Crippen molar-refractivity contribution in [1.29, 1.82) is 0 Å². The second-order valence-electron chi connectivity index (χ2n) is 4.58. The fourth-order valence-electron chi connectivity index (χ4n) is 1.74. The van der Waals surface area contributed by atoms with Gasteiger partial charge in [0.25, 0.3) is 0 Å². The van der Waals surface area contributed by atoms with E-state index in [9.17, 15) is 0 Å². The predicted octanol–water partition coefficient (Wildman–Crippen LogP) is 4.16. The highest BCUT2D eigenvalue weighted by Crippen LogP contribution is 2.19. The minimum atomic E-state index is 0.575. The lowest BCUT2D eigenvalue weighted by Gasteiger charge is -2.08. The van der Waals surface area contributed by atoms with Crippen molar-refractivity contribution in [3.63, 3.8) is 0 Å². The monoisotopic (exact) mass is 323 g/mol. The summed E-state index contributed by atoms with van der Waals surface area (Å²) >= 11 is 8.62. The van der Waals surface area contributed by atoms with Gasteiger partial charge in [-0.2, -0.15) is 0 Å². The van der Waals surface area contributed by atoms with Gasteiger partial charge in [-0.15, -0.1) is 0 Å². The van der Waals surface area contributed by atoms with Crippen LogP contribution in [0.15, 0.2) is 29.0 Å². The molecule has 0 unspecified atom stereocenters. The Labute approximate surface area is 120 Å². The molecule has 3 nitrogen and oxygen atoms in total. The van der Waals surface area contributed by atoms with E-state index in [-0.39, 0.29) is 0 Å². The molecule has 1 N–H and O–H groups in total. The number of hydrogen-bond acceptors (Lipinski definition) is 3. The van der Waals surface area contributed by atoms with Crippen molar-refractivity contribution in [3.8, 4) is 11.4 Å². The van der Waals surface area contributed by atoms with E-state index < -0.39 is 0 Å². The topological polar surface area (TPSA) is 41.6 Å². The highest BCUT2D eigenvalue weighted by atomic mass is 79.9. The molecule has 2 aromatic heterocycles. The van der Waals surface area contributed by atoms with E-state index in [4.69, 9.17) is 12.2 Å². The molecule has 0 aliphatic rings. The molecule has 2 aromatic rings. The smallest absolute Gasteiger partial charge is 0.140 e. The minimum absolute atomic E-state index is 0.575. The summed E-state index contributed by atoms with van der Waals surface area (Å²) in [5.74, 6) is 1.35. The zero-order valence-electron chi connectivity index (χ0n) is 10.3. The van der Waals surface area contributed by atoms with Gasteiger partial charge in [-0.25, -0.2) is 4.98 Å². The highest BCUT2D eigenvalue weighted by molar-refractivity contribution is 9.10.